The van der Waals surface area contributed by atoms with Crippen LogP contribution in [0.2, 0.25) is 0 Å². The second-order valence-corrected chi connectivity index (χ2v) is 6.19. The third-order valence-corrected chi connectivity index (χ3v) is 4.08. The Morgan fingerprint density at radius 3 is 2.50 bits per heavy atom. The van der Waals surface area contributed by atoms with Crippen LogP contribution < -0.4 is 5.32 Å². The molecule has 1 aliphatic heterocycles. The molecule has 1 rings (SSSR count). The van der Waals surface area contributed by atoms with Crippen molar-refractivity contribution < 1.29 is 9.53 Å². The van der Waals surface area contributed by atoms with Gasteiger partial charge in [-0.1, -0.05) is 47.0 Å². The van der Waals surface area contributed by atoms with Crippen LogP contribution in [0.25, 0.3) is 0 Å². The summed E-state index contributed by atoms with van der Waals surface area (Å²) in [4.78, 5) is 14.8. The van der Waals surface area contributed by atoms with Gasteiger partial charge in [-0.2, -0.15) is 0 Å². The Balaban J connectivity index is 2.84. The lowest BCUT2D eigenvalue weighted by Crippen LogP contribution is -2.49. The Morgan fingerprint density at radius 2 is 2.00 bits per heavy atom. The first-order chi connectivity index (χ1) is 9.56. The van der Waals surface area contributed by atoms with Crippen molar-refractivity contribution in [1.82, 2.24) is 10.2 Å². The molecule has 1 N–H and O–H groups in total. The van der Waals surface area contributed by atoms with Gasteiger partial charge in [0.25, 0.3) is 0 Å². The van der Waals surface area contributed by atoms with Crippen LogP contribution in [0.5, 0.6) is 0 Å². The average Bonchev–Trinajstić information content (AvgIpc) is 2.73. The summed E-state index contributed by atoms with van der Waals surface area (Å²) in [7, 11) is 1.72. The van der Waals surface area contributed by atoms with E-state index in [9.17, 15) is 4.79 Å². The fourth-order valence-electron chi connectivity index (χ4n) is 3.04. The lowest BCUT2D eigenvalue weighted by atomic mass is 10.1. The Hall–Kier alpha value is -0.610. The number of carbonyl (C=O) groups excluding carboxylic acids is 1. The van der Waals surface area contributed by atoms with Crippen molar-refractivity contribution in [1.29, 1.82) is 0 Å². The van der Waals surface area contributed by atoms with Gasteiger partial charge in [-0.15, -0.1) is 0 Å². The number of nitrogens with zero attached hydrogens (tertiary/aromatic N) is 1. The maximum atomic E-state index is 12.7. The summed E-state index contributed by atoms with van der Waals surface area (Å²) in [6.07, 6.45) is 5.41. The van der Waals surface area contributed by atoms with Crippen molar-refractivity contribution in [3.05, 3.63) is 0 Å². The lowest BCUT2D eigenvalue weighted by molar-refractivity contribution is -0.134. The maximum absolute atomic E-state index is 12.7. The molecule has 0 bridgehead atoms. The van der Waals surface area contributed by atoms with Crippen molar-refractivity contribution in [2.45, 2.75) is 78.0 Å². The minimum atomic E-state index is -0.00133. The molecule has 118 valence electrons. The van der Waals surface area contributed by atoms with Crippen LogP contribution in [0.15, 0.2) is 0 Å². The molecule has 1 heterocycles. The second kappa shape index (κ2) is 8.63. The van der Waals surface area contributed by atoms with Crippen molar-refractivity contribution >= 4 is 5.91 Å². The van der Waals surface area contributed by atoms with Crippen molar-refractivity contribution in [2.24, 2.45) is 5.92 Å². The summed E-state index contributed by atoms with van der Waals surface area (Å²) in [6.45, 7) is 9.31. The van der Waals surface area contributed by atoms with Crippen LogP contribution >= 0.6 is 0 Å². The van der Waals surface area contributed by atoms with Crippen molar-refractivity contribution in [2.75, 3.05) is 13.7 Å². The maximum Gasteiger partial charge on any atom is 0.241 e. The normalized spacial score (nSPS) is 24.7. The summed E-state index contributed by atoms with van der Waals surface area (Å²) >= 11 is 0. The summed E-state index contributed by atoms with van der Waals surface area (Å²) in [5.41, 5.74) is 0. The van der Waals surface area contributed by atoms with Gasteiger partial charge in [0.1, 0.15) is 0 Å². The van der Waals surface area contributed by atoms with E-state index < -0.39 is 0 Å². The molecule has 0 aliphatic carbocycles. The molecular formula is C16H32N2O2. The monoisotopic (exact) mass is 284 g/mol. The molecule has 0 aromatic carbocycles. The molecule has 0 aromatic rings. The Morgan fingerprint density at radius 1 is 1.30 bits per heavy atom. The number of rotatable bonds is 9. The van der Waals surface area contributed by atoms with E-state index in [1.54, 1.807) is 7.11 Å². The van der Waals surface area contributed by atoms with Crippen LogP contribution in [0.1, 0.15) is 59.8 Å². The predicted octanol–water partition coefficient (Wildman–Crippen LogP) is 2.77. The van der Waals surface area contributed by atoms with E-state index in [1.807, 2.05) is 0 Å². The molecule has 0 radical (unpaired) electrons. The SMILES string of the molecule is CCCCC1NC(C(C)C)N(C(CCC)COC)C1=O. The summed E-state index contributed by atoms with van der Waals surface area (Å²) in [6, 6.07) is 0.197. The third kappa shape index (κ3) is 4.19. The zero-order valence-corrected chi connectivity index (χ0v) is 13.8. The summed E-state index contributed by atoms with van der Waals surface area (Å²) < 4.78 is 5.34. The van der Waals surface area contributed by atoms with Crippen molar-refractivity contribution in [3.8, 4) is 0 Å². The number of hydrogen-bond acceptors (Lipinski definition) is 3. The van der Waals surface area contributed by atoms with Crippen molar-refractivity contribution in [3.63, 3.8) is 0 Å². The molecule has 1 fully saturated rings. The molecule has 3 atom stereocenters. The number of carbonyl (C=O) groups is 1. The first-order valence-corrected chi connectivity index (χ1v) is 8.13. The number of amides is 1. The highest BCUT2D eigenvalue weighted by molar-refractivity contribution is 5.84. The molecule has 4 nitrogen and oxygen atoms in total. The largest absolute Gasteiger partial charge is 0.383 e. The fraction of sp³-hybridized carbons (Fsp3) is 0.938. The molecule has 3 unspecified atom stereocenters. The van der Waals surface area contributed by atoms with Gasteiger partial charge in [-0.05, 0) is 18.8 Å². The van der Waals surface area contributed by atoms with Crippen LogP contribution in [-0.2, 0) is 9.53 Å². The molecule has 1 amide bonds. The Kier molecular flexibility index (Phi) is 7.52. The number of ether oxygens (including phenoxy) is 1. The van der Waals surface area contributed by atoms with E-state index in [1.165, 1.54) is 0 Å². The smallest absolute Gasteiger partial charge is 0.241 e. The van der Waals surface area contributed by atoms with Gasteiger partial charge in [0, 0.05) is 7.11 Å². The van der Waals surface area contributed by atoms with E-state index in [4.69, 9.17) is 4.74 Å². The molecule has 20 heavy (non-hydrogen) atoms. The number of nitrogens with one attached hydrogen (secondary N) is 1. The fourth-order valence-corrected chi connectivity index (χ4v) is 3.04. The van der Waals surface area contributed by atoms with E-state index >= 15 is 0 Å². The molecule has 0 aromatic heterocycles. The molecule has 0 saturated carbocycles. The van der Waals surface area contributed by atoms with Gasteiger partial charge in [-0.25, -0.2) is 0 Å². The molecule has 0 spiro atoms. The molecule has 4 heteroatoms. The second-order valence-electron chi connectivity index (χ2n) is 6.19. The molecule has 1 aliphatic rings. The van der Waals surface area contributed by atoms with Gasteiger partial charge >= 0.3 is 0 Å². The highest BCUT2D eigenvalue weighted by atomic mass is 16.5. The van der Waals surface area contributed by atoms with Gasteiger partial charge in [-0.3, -0.25) is 10.1 Å². The van der Waals surface area contributed by atoms with Crippen LogP contribution in [-0.4, -0.2) is 42.8 Å². The van der Waals surface area contributed by atoms with E-state index in [2.05, 4.69) is 37.9 Å². The molecular weight excluding hydrogens is 252 g/mol. The zero-order chi connectivity index (χ0) is 15.1. The summed E-state index contributed by atoms with van der Waals surface area (Å²) in [5.74, 6) is 0.689. The topological polar surface area (TPSA) is 41.6 Å². The standard InChI is InChI=1S/C16H32N2O2/c1-6-8-10-14-16(19)18(15(17-14)12(3)4)13(9-7-2)11-20-5/h12-15,17H,6-11H2,1-5H3. The van der Waals surface area contributed by atoms with Gasteiger partial charge in [0.05, 0.1) is 24.9 Å². The summed E-state index contributed by atoms with van der Waals surface area (Å²) in [5, 5.41) is 3.54. The zero-order valence-electron chi connectivity index (χ0n) is 13.8. The van der Waals surface area contributed by atoms with E-state index in [0.29, 0.717) is 12.5 Å². The minimum Gasteiger partial charge on any atom is -0.383 e. The average molecular weight is 284 g/mol. The first kappa shape index (κ1) is 17.4. The quantitative estimate of drug-likeness (QED) is 0.708. The highest BCUT2D eigenvalue weighted by Gasteiger charge is 2.42. The Bertz CT molecular complexity index is 288. The van der Waals surface area contributed by atoms with Gasteiger partial charge in [0.2, 0.25) is 5.91 Å². The van der Waals surface area contributed by atoms with Crippen LogP contribution in [0, 0.1) is 5.92 Å². The lowest BCUT2D eigenvalue weighted by Gasteiger charge is -2.34. The van der Waals surface area contributed by atoms with E-state index in [-0.39, 0.29) is 24.2 Å². The van der Waals surface area contributed by atoms with Crippen LogP contribution in [0.3, 0.4) is 0 Å². The van der Waals surface area contributed by atoms with Crippen LogP contribution in [0.4, 0.5) is 0 Å². The highest BCUT2D eigenvalue weighted by Crippen LogP contribution is 2.25. The Labute approximate surface area is 124 Å². The third-order valence-electron chi connectivity index (χ3n) is 4.08. The van der Waals surface area contributed by atoms with Gasteiger partial charge < -0.3 is 9.64 Å². The number of hydrogen-bond donors (Lipinski definition) is 1. The predicted molar refractivity (Wildman–Crippen MR) is 82.5 cm³/mol. The molecule has 1 saturated heterocycles. The minimum absolute atomic E-state index is 0.00133. The van der Waals surface area contributed by atoms with Gasteiger partial charge in [0.15, 0.2) is 0 Å². The number of methoxy groups -OCH3 is 1. The van der Waals surface area contributed by atoms with E-state index in [0.717, 1.165) is 32.1 Å². The number of unbranched alkanes of at least 4 members (excludes halogenated alkanes) is 1. The first-order valence-electron chi connectivity index (χ1n) is 8.13.